The fourth-order valence-electron chi connectivity index (χ4n) is 4.41. The molecular formula is C27H36FN3O4. The van der Waals surface area contributed by atoms with E-state index in [0.717, 1.165) is 17.0 Å². The summed E-state index contributed by atoms with van der Waals surface area (Å²) >= 11 is 0. The van der Waals surface area contributed by atoms with E-state index in [2.05, 4.69) is 31.1 Å². The number of nitrogens with zero attached hydrogens (tertiary/aromatic N) is 2. The third-order valence-corrected chi connectivity index (χ3v) is 5.98. The van der Waals surface area contributed by atoms with E-state index in [4.69, 9.17) is 14.2 Å². The highest BCUT2D eigenvalue weighted by Gasteiger charge is 2.34. The van der Waals surface area contributed by atoms with Gasteiger partial charge >= 0.3 is 0 Å². The van der Waals surface area contributed by atoms with Gasteiger partial charge in [-0.25, -0.2) is 4.39 Å². The van der Waals surface area contributed by atoms with Gasteiger partial charge in [-0.15, -0.1) is 0 Å². The van der Waals surface area contributed by atoms with Crippen LogP contribution in [0.1, 0.15) is 61.7 Å². The van der Waals surface area contributed by atoms with Crippen molar-refractivity contribution >= 4 is 17.3 Å². The number of hydrogen-bond donors (Lipinski definition) is 1. The Morgan fingerprint density at radius 1 is 1.14 bits per heavy atom. The van der Waals surface area contributed by atoms with Crippen molar-refractivity contribution < 1.29 is 23.4 Å². The molecule has 0 bridgehead atoms. The van der Waals surface area contributed by atoms with Crippen LogP contribution in [0, 0.1) is 5.82 Å². The van der Waals surface area contributed by atoms with Gasteiger partial charge in [0.2, 0.25) is 0 Å². The first-order chi connectivity index (χ1) is 16.6. The molecule has 0 atom stereocenters. The molecule has 0 spiro atoms. The maximum Gasteiger partial charge on any atom is 0.197 e. The van der Waals surface area contributed by atoms with Gasteiger partial charge in [-0.3, -0.25) is 9.79 Å². The topological polar surface area (TPSA) is 72.4 Å². The van der Waals surface area contributed by atoms with E-state index >= 15 is 4.39 Å². The lowest BCUT2D eigenvalue weighted by Crippen LogP contribution is -2.31. The van der Waals surface area contributed by atoms with Crippen molar-refractivity contribution in [2.24, 2.45) is 4.99 Å². The molecule has 3 rings (SSSR count). The number of rotatable bonds is 9. The summed E-state index contributed by atoms with van der Waals surface area (Å²) in [5.41, 5.74) is 3.06. The molecule has 0 saturated carbocycles. The standard InChI is InChI=1S/C27H36FN3O4/c1-9-34-21-13-17-14-31(26(30-7)22(17)23(28)25(21)35-10-2)15-20(32)16-11-18(27(3,4)5)24(33-8)19(12-16)29-6/h11-13,29H,9-10,14-15H2,1-8H3/b30-26-. The molecule has 35 heavy (non-hydrogen) atoms. The Morgan fingerprint density at radius 3 is 2.37 bits per heavy atom. The zero-order chi connectivity index (χ0) is 25.9. The quantitative estimate of drug-likeness (QED) is 0.502. The molecule has 0 aromatic heterocycles. The van der Waals surface area contributed by atoms with Crippen LogP contribution in [0.2, 0.25) is 0 Å². The van der Waals surface area contributed by atoms with E-state index in [1.54, 1.807) is 45.2 Å². The Bertz CT molecular complexity index is 1140. The highest BCUT2D eigenvalue weighted by atomic mass is 19.1. The minimum Gasteiger partial charge on any atom is -0.494 e. The van der Waals surface area contributed by atoms with Crippen LogP contribution >= 0.6 is 0 Å². The summed E-state index contributed by atoms with van der Waals surface area (Å²) in [6.07, 6.45) is 0. The lowest BCUT2D eigenvalue weighted by Gasteiger charge is -2.25. The number of fused-ring (bicyclic) bond motifs is 1. The van der Waals surface area contributed by atoms with E-state index in [1.807, 2.05) is 13.0 Å². The Hall–Kier alpha value is -3.29. The number of amidine groups is 1. The molecule has 190 valence electrons. The van der Waals surface area contributed by atoms with Crippen molar-refractivity contribution in [3.8, 4) is 17.2 Å². The number of hydrogen-bond acceptors (Lipinski definition) is 6. The monoisotopic (exact) mass is 485 g/mol. The summed E-state index contributed by atoms with van der Waals surface area (Å²) < 4.78 is 32.4. The number of carbonyl (C=O) groups is 1. The smallest absolute Gasteiger partial charge is 0.197 e. The second-order valence-corrected chi connectivity index (χ2v) is 9.35. The van der Waals surface area contributed by atoms with E-state index in [0.29, 0.717) is 48.0 Å². The van der Waals surface area contributed by atoms with Crippen LogP contribution in [0.4, 0.5) is 10.1 Å². The molecule has 1 N–H and O–H groups in total. The van der Waals surface area contributed by atoms with Gasteiger partial charge in [0.25, 0.3) is 0 Å². The van der Waals surface area contributed by atoms with E-state index < -0.39 is 5.82 Å². The molecule has 1 heterocycles. The first-order valence-electron chi connectivity index (χ1n) is 11.9. The van der Waals surface area contributed by atoms with Gasteiger partial charge in [0.1, 0.15) is 11.6 Å². The maximum atomic E-state index is 15.6. The van der Waals surface area contributed by atoms with Crippen molar-refractivity contribution in [1.29, 1.82) is 0 Å². The largest absolute Gasteiger partial charge is 0.494 e. The summed E-state index contributed by atoms with van der Waals surface area (Å²) in [5, 5.41) is 3.13. The number of ether oxygens (including phenoxy) is 3. The van der Waals surface area contributed by atoms with Crippen LogP contribution in [0.3, 0.4) is 0 Å². The molecule has 2 aromatic rings. The molecule has 1 aliphatic rings. The summed E-state index contributed by atoms with van der Waals surface area (Å²) in [6, 6.07) is 5.46. The van der Waals surface area contributed by atoms with Gasteiger partial charge < -0.3 is 24.4 Å². The minimum absolute atomic E-state index is 0.0494. The molecule has 1 aliphatic heterocycles. The van der Waals surface area contributed by atoms with Crippen LogP contribution in [0.25, 0.3) is 0 Å². The van der Waals surface area contributed by atoms with Crippen molar-refractivity contribution in [2.45, 2.75) is 46.6 Å². The summed E-state index contributed by atoms with van der Waals surface area (Å²) in [5.74, 6) is 0.964. The Morgan fingerprint density at radius 2 is 1.83 bits per heavy atom. The lowest BCUT2D eigenvalue weighted by molar-refractivity contribution is 0.0962. The lowest BCUT2D eigenvalue weighted by atomic mass is 9.84. The number of aliphatic imine (C=N–C) groups is 1. The van der Waals surface area contributed by atoms with Gasteiger partial charge in [0.05, 0.1) is 38.1 Å². The molecule has 8 heteroatoms. The fraction of sp³-hybridized carbons (Fsp3) is 0.481. The van der Waals surface area contributed by atoms with Crippen LogP contribution in [0.5, 0.6) is 17.2 Å². The van der Waals surface area contributed by atoms with Crippen molar-refractivity contribution in [1.82, 2.24) is 4.90 Å². The zero-order valence-corrected chi connectivity index (χ0v) is 22.0. The van der Waals surface area contributed by atoms with E-state index in [1.165, 1.54) is 0 Å². The first kappa shape index (κ1) is 26.3. The van der Waals surface area contributed by atoms with Gasteiger partial charge in [0, 0.05) is 31.8 Å². The number of benzene rings is 2. The number of anilines is 1. The minimum atomic E-state index is -0.514. The number of methoxy groups -OCH3 is 1. The highest BCUT2D eigenvalue weighted by Crippen LogP contribution is 2.40. The van der Waals surface area contributed by atoms with Gasteiger partial charge in [-0.1, -0.05) is 20.8 Å². The number of nitrogens with one attached hydrogen (secondary N) is 1. The molecular weight excluding hydrogens is 449 g/mol. The van der Waals surface area contributed by atoms with Crippen molar-refractivity contribution in [3.05, 3.63) is 46.3 Å². The molecule has 0 aliphatic carbocycles. The van der Waals surface area contributed by atoms with Crippen LogP contribution in [-0.2, 0) is 12.0 Å². The van der Waals surface area contributed by atoms with E-state index in [9.17, 15) is 4.79 Å². The molecule has 0 fully saturated rings. The number of halogens is 1. The number of Topliss-reactive ketones (excluding diaryl/α,β-unsaturated/α-hetero) is 1. The van der Waals surface area contributed by atoms with Gasteiger partial charge in [-0.05, 0) is 43.0 Å². The summed E-state index contributed by atoms with van der Waals surface area (Å²) in [4.78, 5) is 19.6. The van der Waals surface area contributed by atoms with Crippen LogP contribution in [0.15, 0.2) is 23.2 Å². The molecule has 0 saturated heterocycles. The average Bonchev–Trinajstić information content (AvgIpc) is 3.16. The van der Waals surface area contributed by atoms with Crippen molar-refractivity contribution in [3.63, 3.8) is 0 Å². The third-order valence-electron chi connectivity index (χ3n) is 5.98. The fourth-order valence-corrected chi connectivity index (χ4v) is 4.41. The predicted molar refractivity (Wildman–Crippen MR) is 137 cm³/mol. The normalized spacial score (nSPS) is 14.2. The van der Waals surface area contributed by atoms with Gasteiger partial charge in [0.15, 0.2) is 23.1 Å². The SMILES string of the molecule is CCOc1cc2c(c(F)c1OCC)/C(=N/C)N(CC(=O)c1cc(NC)c(OC)c(C(C)(C)C)c1)C2. The second-order valence-electron chi connectivity index (χ2n) is 9.35. The van der Waals surface area contributed by atoms with Gasteiger partial charge in [-0.2, -0.15) is 0 Å². The molecule has 0 radical (unpaired) electrons. The number of carbonyl (C=O) groups excluding carboxylic acids is 1. The highest BCUT2D eigenvalue weighted by molar-refractivity contribution is 6.07. The summed E-state index contributed by atoms with van der Waals surface area (Å²) in [7, 11) is 5.02. The Kier molecular flexibility index (Phi) is 7.93. The summed E-state index contributed by atoms with van der Waals surface area (Å²) in [6.45, 7) is 10.9. The Labute approximate surface area is 207 Å². The molecule has 0 amide bonds. The average molecular weight is 486 g/mol. The number of ketones is 1. The predicted octanol–water partition coefficient (Wildman–Crippen LogP) is 5.05. The van der Waals surface area contributed by atoms with Crippen LogP contribution < -0.4 is 19.5 Å². The van der Waals surface area contributed by atoms with E-state index in [-0.39, 0.29) is 23.5 Å². The second kappa shape index (κ2) is 10.5. The first-order valence-corrected chi connectivity index (χ1v) is 11.9. The Balaban J connectivity index is 1.99. The molecule has 2 aromatic carbocycles. The molecule has 7 nitrogen and oxygen atoms in total. The van der Waals surface area contributed by atoms with Crippen molar-refractivity contribution in [2.75, 3.05) is 46.3 Å². The maximum absolute atomic E-state index is 15.6. The zero-order valence-electron chi connectivity index (χ0n) is 22.0. The third kappa shape index (κ3) is 5.06. The molecule has 0 unspecified atom stereocenters. The van der Waals surface area contributed by atoms with Crippen LogP contribution in [-0.4, -0.2) is 57.5 Å².